The second-order valence-corrected chi connectivity index (χ2v) is 2.68. The second kappa shape index (κ2) is 9.50. The summed E-state index contributed by atoms with van der Waals surface area (Å²) in [6.45, 7) is 0. The maximum absolute atomic E-state index is 5.22. The van der Waals surface area contributed by atoms with Crippen LogP contribution in [0.5, 0.6) is 0 Å². The summed E-state index contributed by atoms with van der Waals surface area (Å²) in [5, 5.41) is 0. The molecule has 0 aromatic heterocycles. The van der Waals surface area contributed by atoms with Gasteiger partial charge in [0.05, 0.1) is 0 Å². The third kappa shape index (κ3) is 39.0. The van der Waals surface area contributed by atoms with E-state index in [-0.39, 0.29) is 24.8 Å². The van der Waals surface area contributed by atoms with Crippen molar-refractivity contribution in [2.75, 3.05) is 21.1 Å². The van der Waals surface area contributed by atoms with E-state index in [0.717, 1.165) is 0 Å². The van der Waals surface area contributed by atoms with E-state index >= 15 is 0 Å². The zero-order valence-corrected chi connectivity index (χ0v) is 8.47. The molecule has 0 aromatic carbocycles. The molecular formula is C6H18Cl2N2. The van der Waals surface area contributed by atoms with Gasteiger partial charge in [-0.15, -0.1) is 24.8 Å². The highest BCUT2D eigenvalue weighted by atomic mass is 35.5. The number of halogens is 2. The molecule has 2 nitrogen and oxygen atoms in total. The van der Waals surface area contributed by atoms with Gasteiger partial charge in [-0.1, -0.05) is 0 Å². The first kappa shape index (κ1) is 16.8. The summed E-state index contributed by atoms with van der Waals surface area (Å²) in [5.74, 6) is 0. The fourth-order valence-electron chi connectivity index (χ4n) is 0.0962. The van der Waals surface area contributed by atoms with E-state index in [1.165, 1.54) is 12.8 Å². The fourth-order valence-corrected chi connectivity index (χ4v) is 0.0962. The third-order valence-electron chi connectivity index (χ3n) is 0.622. The molecule has 1 aliphatic rings. The van der Waals surface area contributed by atoms with Crippen molar-refractivity contribution in [1.29, 1.82) is 0 Å². The van der Waals surface area contributed by atoms with Crippen LogP contribution in [0, 0.1) is 0 Å². The number of rotatable bonds is 0. The Morgan fingerprint density at radius 1 is 1.10 bits per heavy atom. The van der Waals surface area contributed by atoms with Crippen LogP contribution in [0.15, 0.2) is 0 Å². The average molecular weight is 189 g/mol. The van der Waals surface area contributed by atoms with E-state index in [1.807, 2.05) is 26.0 Å². The van der Waals surface area contributed by atoms with Gasteiger partial charge in [0.1, 0.15) is 0 Å². The van der Waals surface area contributed by atoms with Gasteiger partial charge < -0.3 is 10.6 Å². The maximum atomic E-state index is 5.22. The van der Waals surface area contributed by atoms with Crippen LogP contribution in [-0.2, 0) is 0 Å². The lowest BCUT2D eigenvalue weighted by Gasteiger charge is -1.90. The first-order chi connectivity index (χ1) is 3.63. The number of hydrogen-bond donors (Lipinski definition) is 1. The van der Waals surface area contributed by atoms with E-state index in [4.69, 9.17) is 5.73 Å². The van der Waals surface area contributed by atoms with Crippen LogP contribution in [-0.4, -0.2) is 32.1 Å². The van der Waals surface area contributed by atoms with E-state index in [1.54, 1.807) is 0 Å². The molecule has 2 N–H and O–H groups in total. The van der Waals surface area contributed by atoms with Crippen LogP contribution >= 0.6 is 24.8 Å². The molecule has 1 fully saturated rings. The van der Waals surface area contributed by atoms with Crippen LogP contribution < -0.4 is 5.73 Å². The Hall–Kier alpha value is 0.500. The van der Waals surface area contributed by atoms with Gasteiger partial charge in [0.2, 0.25) is 0 Å². The van der Waals surface area contributed by atoms with Crippen LogP contribution in [0.25, 0.3) is 0 Å². The van der Waals surface area contributed by atoms with Gasteiger partial charge in [-0.2, -0.15) is 0 Å². The van der Waals surface area contributed by atoms with Gasteiger partial charge in [-0.05, 0) is 34.0 Å². The first-order valence-corrected chi connectivity index (χ1v) is 2.99. The molecule has 0 unspecified atom stereocenters. The Bertz CT molecular complexity index is 53.0. The molecule has 1 aliphatic carbocycles. The first-order valence-electron chi connectivity index (χ1n) is 2.99. The van der Waals surface area contributed by atoms with Crippen molar-refractivity contribution in [3.05, 3.63) is 0 Å². The van der Waals surface area contributed by atoms with E-state index in [2.05, 4.69) is 0 Å². The van der Waals surface area contributed by atoms with Crippen molar-refractivity contribution < 1.29 is 0 Å². The molecule has 0 spiro atoms. The number of nitrogens with two attached hydrogens (primary N) is 1. The van der Waals surface area contributed by atoms with E-state index in [9.17, 15) is 0 Å². The van der Waals surface area contributed by atoms with E-state index < -0.39 is 0 Å². The van der Waals surface area contributed by atoms with Crippen LogP contribution in [0.4, 0.5) is 0 Å². The zero-order chi connectivity index (χ0) is 6.57. The molecule has 0 aromatic rings. The lowest BCUT2D eigenvalue weighted by Crippen LogP contribution is -1.99. The van der Waals surface area contributed by atoms with Gasteiger partial charge >= 0.3 is 0 Å². The third-order valence-corrected chi connectivity index (χ3v) is 0.622. The summed E-state index contributed by atoms with van der Waals surface area (Å²) in [7, 11) is 6.00. The molecule has 0 bridgehead atoms. The summed E-state index contributed by atoms with van der Waals surface area (Å²) in [6, 6.07) is 0.583. The van der Waals surface area contributed by atoms with Crippen LogP contribution in [0.3, 0.4) is 0 Å². The van der Waals surface area contributed by atoms with Crippen LogP contribution in [0.2, 0.25) is 0 Å². The maximum Gasteiger partial charge on any atom is 0.00399 e. The van der Waals surface area contributed by atoms with Gasteiger partial charge in [-0.3, -0.25) is 0 Å². The second-order valence-electron chi connectivity index (χ2n) is 2.68. The molecule has 0 aliphatic heterocycles. The van der Waals surface area contributed by atoms with Gasteiger partial charge in [0.25, 0.3) is 0 Å². The van der Waals surface area contributed by atoms with Crippen molar-refractivity contribution in [2.45, 2.75) is 18.9 Å². The topological polar surface area (TPSA) is 29.3 Å². The molecule has 4 heteroatoms. The molecule has 0 heterocycles. The largest absolute Gasteiger partial charge is 0.328 e. The highest BCUT2D eigenvalue weighted by molar-refractivity contribution is 5.85. The SMILES string of the molecule is CN(C)C.Cl.Cl.NC1CC1. The summed E-state index contributed by atoms with van der Waals surface area (Å²) >= 11 is 0. The molecular weight excluding hydrogens is 171 g/mol. The normalized spacial score (nSPS) is 14.1. The van der Waals surface area contributed by atoms with Crippen molar-refractivity contribution >= 4 is 24.8 Å². The highest BCUT2D eigenvalue weighted by Crippen LogP contribution is 2.13. The predicted molar refractivity (Wildman–Crippen MR) is 51.3 cm³/mol. The Morgan fingerprint density at radius 2 is 1.20 bits per heavy atom. The van der Waals surface area contributed by atoms with Crippen molar-refractivity contribution in [3.8, 4) is 0 Å². The molecule has 66 valence electrons. The molecule has 1 rings (SSSR count). The Morgan fingerprint density at radius 3 is 1.20 bits per heavy atom. The Balaban J connectivity index is -0.0000000817. The smallest absolute Gasteiger partial charge is 0.00399 e. The quantitative estimate of drug-likeness (QED) is 0.618. The zero-order valence-electron chi connectivity index (χ0n) is 6.83. The summed E-state index contributed by atoms with van der Waals surface area (Å²) in [4.78, 5) is 2.00. The van der Waals surface area contributed by atoms with Crippen LogP contribution in [0.1, 0.15) is 12.8 Å². The molecule has 10 heavy (non-hydrogen) atoms. The molecule has 0 atom stereocenters. The van der Waals surface area contributed by atoms with Gasteiger partial charge in [0.15, 0.2) is 0 Å². The Labute approximate surface area is 76.0 Å². The number of nitrogens with zero attached hydrogens (tertiary/aromatic N) is 1. The summed E-state index contributed by atoms with van der Waals surface area (Å²) < 4.78 is 0. The monoisotopic (exact) mass is 188 g/mol. The highest BCUT2D eigenvalue weighted by Gasteiger charge is 2.13. The standard InChI is InChI=1S/C3H7N.C3H9N.2ClH/c4-3-1-2-3;1-4(2)3;;/h3H,1-2,4H2;1-3H3;2*1H. The molecule has 1 saturated carbocycles. The summed E-state index contributed by atoms with van der Waals surface area (Å²) in [5.41, 5.74) is 5.22. The predicted octanol–water partition coefficient (Wildman–Crippen LogP) is 1.13. The van der Waals surface area contributed by atoms with Crippen molar-refractivity contribution in [2.24, 2.45) is 5.73 Å². The van der Waals surface area contributed by atoms with Gasteiger partial charge in [0, 0.05) is 6.04 Å². The minimum atomic E-state index is 0. The lowest BCUT2D eigenvalue weighted by atomic mass is 10.8. The Kier molecular flexibility index (Phi) is 16.0. The minimum Gasteiger partial charge on any atom is -0.328 e. The molecule has 0 amide bonds. The fraction of sp³-hybridized carbons (Fsp3) is 1.00. The molecule has 0 saturated heterocycles. The lowest BCUT2D eigenvalue weighted by molar-refractivity contribution is 0.505. The average Bonchev–Trinajstić information content (AvgIpc) is 2.19. The molecule has 0 radical (unpaired) electrons. The van der Waals surface area contributed by atoms with Crippen molar-refractivity contribution in [1.82, 2.24) is 4.90 Å². The minimum absolute atomic E-state index is 0. The summed E-state index contributed by atoms with van der Waals surface area (Å²) in [6.07, 6.45) is 2.53. The van der Waals surface area contributed by atoms with Crippen molar-refractivity contribution in [3.63, 3.8) is 0 Å². The van der Waals surface area contributed by atoms with Gasteiger partial charge in [-0.25, -0.2) is 0 Å². The number of hydrogen-bond acceptors (Lipinski definition) is 2. The van der Waals surface area contributed by atoms with E-state index in [0.29, 0.717) is 6.04 Å².